The van der Waals surface area contributed by atoms with Crippen molar-refractivity contribution in [3.63, 3.8) is 0 Å². The van der Waals surface area contributed by atoms with Crippen LogP contribution in [0.2, 0.25) is 0 Å². The first-order valence-corrected chi connectivity index (χ1v) is 5.12. The number of fused-ring (bicyclic) bond motifs is 1. The third kappa shape index (κ3) is 1.48. The fraction of sp³-hybridized carbons (Fsp3) is 0.667. The summed E-state index contributed by atoms with van der Waals surface area (Å²) >= 11 is 0. The van der Waals surface area contributed by atoms with E-state index in [9.17, 15) is 0 Å². The molecule has 0 aromatic rings. The maximum absolute atomic E-state index is 2.38. The lowest BCUT2D eigenvalue weighted by molar-refractivity contribution is 0.364. The van der Waals surface area contributed by atoms with E-state index in [-0.39, 0.29) is 0 Å². The van der Waals surface area contributed by atoms with Gasteiger partial charge in [-0.3, -0.25) is 0 Å². The van der Waals surface area contributed by atoms with Crippen molar-refractivity contribution in [2.45, 2.75) is 39.5 Å². The third-order valence-corrected chi connectivity index (χ3v) is 3.27. The molecule has 1 saturated carbocycles. The molecule has 0 nitrogen and oxygen atoms in total. The summed E-state index contributed by atoms with van der Waals surface area (Å²) < 4.78 is 0. The first-order chi connectivity index (χ1) is 5.75. The molecule has 0 bridgehead atoms. The molecule has 2 unspecified atom stereocenters. The summed E-state index contributed by atoms with van der Waals surface area (Å²) in [5.74, 6) is 1.84. The minimum Gasteiger partial charge on any atom is -0.0727 e. The van der Waals surface area contributed by atoms with Gasteiger partial charge in [0.15, 0.2) is 0 Å². The van der Waals surface area contributed by atoms with Gasteiger partial charge in [-0.15, -0.1) is 0 Å². The molecule has 0 spiro atoms. The lowest BCUT2D eigenvalue weighted by atomic mass is 9.74. The van der Waals surface area contributed by atoms with E-state index in [1.54, 1.807) is 11.1 Å². The van der Waals surface area contributed by atoms with Gasteiger partial charge < -0.3 is 0 Å². The maximum Gasteiger partial charge on any atom is -0.0163 e. The Morgan fingerprint density at radius 2 is 2.00 bits per heavy atom. The minimum atomic E-state index is 0.909. The summed E-state index contributed by atoms with van der Waals surface area (Å²) in [6, 6.07) is 0. The molecule has 0 saturated heterocycles. The Bertz CT molecular complexity index is 232. The van der Waals surface area contributed by atoms with Gasteiger partial charge in [0.05, 0.1) is 0 Å². The second-order valence-electron chi connectivity index (χ2n) is 4.54. The van der Waals surface area contributed by atoms with E-state index in [0.717, 1.165) is 11.8 Å². The zero-order valence-electron chi connectivity index (χ0n) is 8.14. The summed E-state index contributed by atoms with van der Waals surface area (Å²) in [5, 5.41) is 0. The lowest BCUT2D eigenvalue weighted by Gasteiger charge is -2.31. The van der Waals surface area contributed by atoms with Gasteiger partial charge in [-0.25, -0.2) is 0 Å². The first kappa shape index (κ1) is 8.10. The second kappa shape index (κ2) is 3.08. The number of hydrogen-bond donors (Lipinski definition) is 0. The van der Waals surface area contributed by atoms with Gasteiger partial charge in [-0.1, -0.05) is 30.2 Å². The molecule has 12 heavy (non-hydrogen) atoms. The van der Waals surface area contributed by atoms with E-state index in [2.05, 4.69) is 26.0 Å². The zero-order valence-corrected chi connectivity index (χ0v) is 8.14. The fourth-order valence-electron chi connectivity index (χ4n) is 2.49. The van der Waals surface area contributed by atoms with Crippen molar-refractivity contribution < 1.29 is 0 Å². The zero-order chi connectivity index (χ0) is 8.55. The van der Waals surface area contributed by atoms with Crippen molar-refractivity contribution in [1.82, 2.24) is 0 Å². The summed E-state index contributed by atoms with van der Waals surface area (Å²) in [6.07, 6.45) is 10.2. The Morgan fingerprint density at radius 1 is 1.17 bits per heavy atom. The van der Waals surface area contributed by atoms with Crippen molar-refractivity contribution in [1.29, 1.82) is 0 Å². The molecule has 0 aliphatic heterocycles. The summed E-state index contributed by atoms with van der Waals surface area (Å²) in [5.41, 5.74) is 3.29. The van der Waals surface area contributed by atoms with Gasteiger partial charge in [0.1, 0.15) is 0 Å². The Labute approximate surface area is 75.4 Å². The topological polar surface area (TPSA) is 0 Å². The standard InChI is InChI=1S/C12H18/c1-9-3-5-12-8-10(2)4-6-11(12)7-9/h3,5,10-11H,4,6-8H2,1-2H3. The summed E-state index contributed by atoms with van der Waals surface area (Å²) in [4.78, 5) is 0. The van der Waals surface area contributed by atoms with E-state index in [1.165, 1.54) is 25.7 Å². The molecule has 0 radical (unpaired) electrons. The molecule has 2 atom stereocenters. The van der Waals surface area contributed by atoms with Crippen LogP contribution in [-0.4, -0.2) is 0 Å². The maximum atomic E-state index is 2.38. The van der Waals surface area contributed by atoms with Crippen LogP contribution in [0.3, 0.4) is 0 Å². The van der Waals surface area contributed by atoms with Crippen LogP contribution in [0, 0.1) is 11.8 Å². The summed E-state index contributed by atoms with van der Waals surface area (Å²) in [7, 11) is 0. The molecule has 2 rings (SSSR count). The normalized spacial score (nSPS) is 35.2. The highest BCUT2D eigenvalue weighted by Gasteiger charge is 2.24. The molecular weight excluding hydrogens is 144 g/mol. The number of allylic oxidation sites excluding steroid dienone is 4. The van der Waals surface area contributed by atoms with Gasteiger partial charge in [0, 0.05) is 0 Å². The molecule has 66 valence electrons. The van der Waals surface area contributed by atoms with Crippen LogP contribution in [0.4, 0.5) is 0 Å². The van der Waals surface area contributed by atoms with Crippen molar-refractivity contribution in [2.75, 3.05) is 0 Å². The molecule has 0 aromatic carbocycles. The Balaban J connectivity index is 2.15. The fourth-order valence-corrected chi connectivity index (χ4v) is 2.49. The SMILES string of the molecule is CC1=CC=C2CC(C)CCC2C1. The van der Waals surface area contributed by atoms with Crippen LogP contribution in [0.1, 0.15) is 39.5 Å². The Morgan fingerprint density at radius 3 is 2.83 bits per heavy atom. The molecule has 0 aromatic heterocycles. The van der Waals surface area contributed by atoms with Crippen molar-refractivity contribution in [3.05, 3.63) is 23.3 Å². The van der Waals surface area contributed by atoms with Gasteiger partial charge in [-0.2, -0.15) is 0 Å². The third-order valence-electron chi connectivity index (χ3n) is 3.27. The Kier molecular flexibility index (Phi) is 2.08. The quantitative estimate of drug-likeness (QED) is 0.509. The molecule has 0 heteroatoms. The van der Waals surface area contributed by atoms with E-state index in [1.807, 2.05) is 0 Å². The number of rotatable bonds is 0. The smallest absolute Gasteiger partial charge is 0.0163 e. The van der Waals surface area contributed by atoms with Crippen LogP contribution >= 0.6 is 0 Å². The van der Waals surface area contributed by atoms with Crippen LogP contribution < -0.4 is 0 Å². The molecule has 2 aliphatic rings. The molecule has 2 aliphatic carbocycles. The highest BCUT2D eigenvalue weighted by atomic mass is 14.3. The van der Waals surface area contributed by atoms with E-state index >= 15 is 0 Å². The number of hydrogen-bond acceptors (Lipinski definition) is 0. The average Bonchev–Trinajstić information content (AvgIpc) is 2.05. The van der Waals surface area contributed by atoms with Crippen LogP contribution in [0.5, 0.6) is 0 Å². The molecule has 0 heterocycles. The highest BCUT2D eigenvalue weighted by Crippen LogP contribution is 2.38. The predicted molar refractivity (Wildman–Crippen MR) is 53.0 cm³/mol. The Hall–Kier alpha value is -0.520. The first-order valence-electron chi connectivity index (χ1n) is 5.12. The molecular formula is C12H18. The monoisotopic (exact) mass is 162 g/mol. The largest absolute Gasteiger partial charge is 0.0727 e. The average molecular weight is 162 g/mol. The van der Waals surface area contributed by atoms with Gasteiger partial charge in [-0.05, 0) is 44.4 Å². The highest BCUT2D eigenvalue weighted by molar-refractivity contribution is 5.26. The van der Waals surface area contributed by atoms with Gasteiger partial charge >= 0.3 is 0 Å². The molecule has 0 amide bonds. The minimum absolute atomic E-state index is 0.909. The predicted octanol–water partition coefficient (Wildman–Crippen LogP) is 3.70. The van der Waals surface area contributed by atoms with Crippen LogP contribution in [0.15, 0.2) is 23.3 Å². The van der Waals surface area contributed by atoms with Crippen molar-refractivity contribution in [2.24, 2.45) is 11.8 Å². The lowest BCUT2D eigenvalue weighted by Crippen LogP contribution is -2.17. The van der Waals surface area contributed by atoms with E-state index < -0.39 is 0 Å². The van der Waals surface area contributed by atoms with Gasteiger partial charge in [0.25, 0.3) is 0 Å². The van der Waals surface area contributed by atoms with Gasteiger partial charge in [0.2, 0.25) is 0 Å². The van der Waals surface area contributed by atoms with Crippen LogP contribution in [-0.2, 0) is 0 Å². The second-order valence-corrected chi connectivity index (χ2v) is 4.54. The van der Waals surface area contributed by atoms with Crippen molar-refractivity contribution >= 4 is 0 Å². The molecule has 1 fully saturated rings. The molecule has 0 N–H and O–H groups in total. The van der Waals surface area contributed by atoms with E-state index in [4.69, 9.17) is 0 Å². The van der Waals surface area contributed by atoms with Crippen LogP contribution in [0.25, 0.3) is 0 Å². The van der Waals surface area contributed by atoms with Crippen molar-refractivity contribution in [3.8, 4) is 0 Å². The van der Waals surface area contributed by atoms with E-state index in [0.29, 0.717) is 0 Å². The summed E-state index contributed by atoms with van der Waals surface area (Å²) in [6.45, 7) is 4.63.